The predicted octanol–water partition coefficient (Wildman–Crippen LogP) is 1.06. The Balaban J connectivity index is 1.54. The van der Waals surface area contributed by atoms with Crippen molar-refractivity contribution in [1.82, 2.24) is 30.0 Å². The van der Waals surface area contributed by atoms with Crippen molar-refractivity contribution >= 4 is 11.7 Å². The third-order valence-corrected chi connectivity index (χ3v) is 4.26. The standard InChI is InChI=1S/C17H17N7O/c18-15-14(19-8-9-20-15)17(25)21-12-6-7-13-22-23-16(24(13)10-12)11-4-2-1-3-5-11/h1-5,8-9,12H,6-7,10H2,(H2,18,20)(H,21,25)/t12-/m1/s1. The topological polar surface area (TPSA) is 112 Å². The molecule has 0 fully saturated rings. The van der Waals surface area contributed by atoms with E-state index >= 15 is 0 Å². The number of nitrogens with one attached hydrogen (secondary N) is 1. The molecule has 126 valence electrons. The molecule has 1 aliphatic rings. The van der Waals surface area contributed by atoms with Crippen molar-refractivity contribution in [3.63, 3.8) is 0 Å². The largest absolute Gasteiger partial charge is 0.382 e. The zero-order valence-electron chi connectivity index (χ0n) is 13.5. The average molecular weight is 335 g/mol. The number of rotatable bonds is 3. The Labute approximate surface area is 144 Å². The molecule has 8 heteroatoms. The third-order valence-electron chi connectivity index (χ3n) is 4.26. The number of anilines is 1. The SMILES string of the molecule is Nc1nccnc1C(=O)N[C@@H]1CCc2nnc(-c3ccccc3)n2C1. The van der Waals surface area contributed by atoms with Gasteiger partial charge in [-0.15, -0.1) is 10.2 Å². The van der Waals surface area contributed by atoms with Gasteiger partial charge in [-0.25, -0.2) is 9.97 Å². The summed E-state index contributed by atoms with van der Waals surface area (Å²) in [7, 11) is 0. The number of nitrogens with two attached hydrogens (primary N) is 1. The number of aromatic nitrogens is 5. The summed E-state index contributed by atoms with van der Waals surface area (Å²) in [4.78, 5) is 20.3. The Morgan fingerprint density at radius 1 is 1.16 bits per heavy atom. The molecular weight excluding hydrogens is 318 g/mol. The van der Waals surface area contributed by atoms with Crippen LogP contribution in [0.4, 0.5) is 5.82 Å². The fraction of sp³-hybridized carbons (Fsp3) is 0.235. The van der Waals surface area contributed by atoms with Gasteiger partial charge in [-0.3, -0.25) is 4.79 Å². The molecule has 0 spiro atoms. The van der Waals surface area contributed by atoms with Crippen LogP contribution in [-0.2, 0) is 13.0 Å². The lowest BCUT2D eigenvalue weighted by Crippen LogP contribution is -2.41. The van der Waals surface area contributed by atoms with Crippen LogP contribution in [0.25, 0.3) is 11.4 Å². The van der Waals surface area contributed by atoms with E-state index < -0.39 is 0 Å². The maximum Gasteiger partial charge on any atom is 0.273 e. The molecule has 1 atom stereocenters. The maximum absolute atomic E-state index is 12.4. The highest BCUT2D eigenvalue weighted by Crippen LogP contribution is 2.23. The van der Waals surface area contributed by atoms with Crippen molar-refractivity contribution < 1.29 is 4.79 Å². The molecule has 0 radical (unpaired) electrons. The zero-order valence-corrected chi connectivity index (χ0v) is 13.5. The van der Waals surface area contributed by atoms with E-state index in [-0.39, 0.29) is 23.5 Å². The van der Waals surface area contributed by atoms with E-state index in [0.29, 0.717) is 6.54 Å². The van der Waals surface area contributed by atoms with Gasteiger partial charge in [-0.05, 0) is 6.42 Å². The lowest BCUT2D eigenvalue weighted by atomic mass is 10.1. The Kier molecular flexibility index (Phi) is 3.85. The highest BCUT2D eigenvalue weighted by Gasteiger charge is 2.25. The average Bonchev–Trinajstić information content (AvgIpc) is 3.06. The molecular formula is C17H17N7O. The number of carbonyl (C=O) groups excluding carboxylic acids is 1. The van der Waals surface area contributed by atoms with Crippen molar-refractivity contribution in [2.24, 2.45) is 0 Å². The summed E-state index contributed by atoms with van der Waals surface area (Å²) in [5.74, 6) is 1.57. The first kappa shape index (κ1) is 15.3. The molecule has 1 aliphatic heterocycles. The number of benzene rings is 1. The third kappa shape index (κ3) is 2.93. The lowest BCUT2D eigenvalue weighted by Gasteiger charge is -2.25. The molecule has 0 bridgehead atoms. The molecule has 0 saturated heterocycles. The van der Waals surface area contributed by atoms with Gasteiger partial charge in [0.1, 0.15) is 5.82 Å². The Hall–Kier alpha value is -3.29. The van der Waals surface area contributed by atoms with Gasteiger partial charge in [-0.1, -0.05) is 30.3 Å². The second kappa shape index (κ2) is 6.31. The fourth-order valence-electron chi connectivity index (χ4n) is 3.02. The molecule has 25 heavy (non-hydrogen) atoms. The first-order valence-electron chi connectivity index (χ1n) is 8.07. The second-order valence-electron chi connectivity index (χ2n) is 5.92. The number of amides is 1. The van der Waals surface area contributed by atoms with Gasteiger partial charge in [0.2, 0.25) is 0 Å². The maximum atomic E-state index is 12.4. The summed E-state index contributed by atoms with van der Waals surface area (Å²) in [6.45, 7) is 0.610. The van der Waals surface area contributed by atoms with Crippen LogP contribution < -0.4 is 11.1 Å². The van der Waals surface area contributed by atoms with Crippen LogP contribution in [0.2, 0.25) is 0 Å². The molecule has 0 saturated carbocycles. The predicted molar refractivity (Wildman–Crippen MR) is 91.5 cm³/mol. The molecule has 1 aromatic carbocycles. The quantitative estimate of drug-likeness (QED) is 0.740. The molecule has 0 aliphatic carbocycles. The Morgan fingerprint density at radius 2 is 1.96 bits per heavy atom. The van der Waals surface area contributed by atoms with E-state index in [4.69, 9.17) is 5.73 Å². The summed E-state index contributed by atoms with van der Waals surface area (Å²) >= 11 is 0. The summed E-state index contributed by atoms with van der Waals surface area (Å²) in [5, 5.41) is 11.6. The number of nitrogen functional groups attached to an aromatic ring is 1. The van der Waals surface area contributed by atoms with E-state index in [0.717, 1.165) is 30.1 Å². The van der Waals surface area contributed by atoms with Gasteiger partial charge < -0.3 is 15.6 Å². The van der Waals surface area contributed by atoms with Gasteiger partial charge in [0, 0.05) is 37.0 Å². The van der Waals surface area contributed by atoms with Crippen LogP contribution in [0, 0.1) is 0 Å². The van der Waals surface area contributed by atoms with Crippen molar-refractivity contribution in [1.29, 1.82) is 0 Å². The van der Waals surface area contributed by atoms with Crippen LogP contribution >= 0.6 is 0 Å². The normalized spacial score (nSPS) is 16.2. The van der Waals surface area contributed by atoms with Crippen LogP contribution in [0.1, 0.15) is 22.7 Å². The Morgan fingerprint density at radius 3 is 2.76 bits per heavy atom. The molecule has 1 amide bonds. The highest BCUT2D eigenvalue weighted by atomic mass is 16.2. The minimum Gasteiger partial charge on any atom is -0.382 e. The van der Waals surface area contributed by atoms with E-state index in [1.54, 1.807) is 0 Å². The monoisotopic (exact) mass is 335 g/mol. The molecule has 3 N–H and O–H groups in total. The molecule has 8 nitrogen and oxygen atoms in total. The summed E-state index contributed by atoms with van der Waals surface area (Å²) in [6, 6.07) is 9.86. The van der Waals surface area contributed by atoms with E-state index in [9.17, 15) is 4.79 Å². The van der Waals surface area contributed by atoms with Crippen molar-refractivity contribution in [3.05, 3.63) is 54.2 Å². The van der Waals surface area contributed by atoms with E-state index in [1.165, 1.54) is 12.4 Å². The summed E-state index contributed by atoms with van der Waals surface area (Å²) in [6.07, 6.45) is 4.46. The second-order valence-corrected chi connectivity index (χ2v) is 5.92. The number of aryl methyl sites for hydroxylation is 1. The van der Waals surface area contributed by atoms with Crippen LogP contribution in [0.15, 0.2) is 42.7 Å². The summed E-state index contributed by atoms with van der Waals surface area (Å²) < 4.78 is 2.06. The van der Waals surface area contributed by atoms with Crippen molar-refractivity contribution in [3.8, 4) is 11.4 Å². The number of nitrogens with zero attached hydrogens (tertiary/aromatic N) is 5. The number of fused-ring (bicyclic) bond motifs is 1. The lowest BCUT2D eigenvalue weighted by molar-refractivity contribution is 0.0923. The first-order chi connectivity index (χ1) is 12.2. The smallest absolute Gasteiger partial charge is 0.273 e. The molecule has 3 heterocycles. The number of hydrogen-bond acceptors (Lipinski definition) is 6. The van der Waals surface area contributed by atoms with Crippen molar-refractivity contribution in [2.75, 3.05) is 5.73 Å². The zero-order chi connectivity index (χ0) is 17.2. The number of hydrogen-bond donors (Lipinski definition) is 2. The van der Waals surface area contributed by atoms with Crippen LogP contribution in [0.5, 0.6) is 0 Å². The van der Waals surface area contributed by atoms with Crippen LogP contribution in [-0.4, -0.2) is 36.7 Å². The first-order valence-corrected chi connectivity index (χ1v) is 8.07. The molecule has 2 aromatic heterocycles. The summed E-state index contributed by atoms with van der Waals surface area (Å²) in [5.41, 5.74) is 6.89. The van der Waals surface area contributed by atoms with E-state index in [2.05, 4.69) is 30.0 Å². The van der Waals surface area contributed by atoms with Crippen LogP contribution in [0.3, 0.4) is 0 Å². The minimum absolute atomic E-state index is 0.0418. The fourth-order valence-corrected chi connectivity index (χ4v) is 3.02. The van der Waals surface area contributed by atoms with Gasteiger partial charge >= 0.3 is 0 Å². The molecule has 4 rings (SSSR count). The van der Waals surface area contributed by atoms with Crippen molar-refractivity contribution in [2.45, 2.75) is 25.4 Å². The molecule has 3 aromatic rings. The number of carbonyl (C=O) groups is 1. The minimum atomic E-state index is -0.312. The van der Waals surface area contributed by atoms with Gasteiger partial charge in [-0.2, -0.15) is 0 Å². The van der Waals surface area contributed by atoms with Gasteiger partial charge in [0.05, 0.1) is 0 Å². The van der Waals surface area contributed by atoms with E-state index in [1.807, 2.05) is 30.3 Å². The Bertz CT molecular complexity index is 906. The van der Waals surface area contributed by atoms with Gasteiger partial charge in [0.25, 0.3) is 5.91 Å². The molecule has 0 unspecified atom stereocenters. The van der Waals surface area contributed by atoms with Gasteiger partial charge in [0.15, 0.2) is 17.3 Å². The highest BCUT2D eigenvalue weighted by molar-refractivity contribution is 5.96.